The van der Waals surface area contributed by atoms with Crippen LogP contribution in [0.15, 0.2) is 73.1 Å². The normalized spacial score (nSPS) is 14.7. The maximum atomic E-state index is 6.35. The fraction of sp³-hybridized carbons (Fsp3) is 0.222. The van der Waals surface area contributed by atoms with Gasteiger partial charge in [0.25, 0.3) is 0 Å². The van der Waals surface area contributed by atoms with Crippen molar-refractivity contribution in [1.82, 2.24) is 19.4 Å². The van der Waals surface area contributed by atoms with E-state index in [4.69, 9.17) is 20.4 Å². The summed E-state index contributed by atoms with van der Waals surface area (Å²) in [5.41, 5.74) is 9.91. The van der Waals surface area contributed by atoms with Gasteiger partial charge in [-0.15, -0.1) is 0 Å². The lowest BCUT2D eigenvalue weighted by atomic mass is 9.89. The molecule has 0 unspecified atom stereocenters. The first-order chi connectivity index (χ1) is 16.3. The summed E-state index contributed by atoms with van der Waals surface area (Å²) in [6, 6.07) is 19.8. The Morgan fingerprint density at radius 1 is 0.909 bits per heavy atom. The number of hydrogen-bond donors (Lipinski definition) is 1. The third-order valence-corrected chi connectivity index (χ3v) is 6.49. The van der Waals surface area contributed by atoms with E-state index >= 15 is 0 Å². The molecule has 2 N–H and O–H groups in total. The summed E-state index contributed by atoms with van der Waals surface area (Å²) < 4.78 is 8.08. The van der Waals surface area contributed by atoms with Crippen LogP contribution in [0, 0.1) is 0 Å². The van der Waals surface area contributed by atoms with Crippen molar-refractivity contribution in [3.8, 4) is 22.9 Å². The molecule has 1 aliphatic rings. The van der Waals surface area contributed by atoms with Gasteiger partial charge in [-0.2, -0.15) is 0 Å². The number of nitrogens with zero attached hydrogens (tertiary/aromatic N) is 4. The van der Waals surface area contributed by atoms with Crippen LogP contribution in [0.1, 0.15) is 43.8 Å². The fourth-order valence-electron chi connectivity index (χ4n) is 4.85. The van der Waals surface area contributed by atoms with E-state index in [2.05, 4.69) is 27.6 Å². The van der Waals surface area contributed by atoms with E-state index in [1.165, 1.54) is 32.1 Å². The van der Waals surface area contributed by atoms with E-state index in [0.29, 0.717) is 17.6 Å². The standard InChI is InChI=1S/C27H25N5O/c28-26-25-24(31-27(32(25)16-15-29-26)19-7-3-1-4-8-19)20-12-11-18-13-14-23(30-22(18)17-20)33-21-9-5-2-6-10-21/h2,5-6,9-17,19H,1,3-4,7-8H2,(H2,28,29). The first-order valence-electron chi connectivity index (χ1n) is 11.5. The molecule has 164 valence electrons. The molecule has 0 bridgehead atoms. The van der Waals surface area contributed by atoms with E-state index in [-0.39, 0.29) is 0 Å². The van der Waals surface area contributed by atoms with Gasteiger partial charge < -0.3 is 10.5 Å². The topological polar surface area (TPSA) is 78.3 Å². The van der Waals surface area contributed by atoms with Gasteiger partial charge in [0.1, 0.15) is 28.6 Å². The third kappa shape index (κ3) is 3.67. The largest absolute Gasteiger partial charge is 0.439 e. The highest BCUT2D eigenvalue weighted by Gasteiger charge is 2.24. The lowest BCUT2D eigenvalue weighted by molar-refractivity contribution is 0.428. The van der Waals surface area contributed by atoms with Crippen LogP contribution in [0.3, 0.4) is 0 Å². The Hall–Kier alpha value is -3.93. The quantitative estimate of drug-likeness (QED) is 0.355. The zero-order chi connectivity index (χ0) is 22.2. The number of hydrogen-bond acceptors (Lipinski definition) is 5. The van der Waals surface area contributed by atoms with Gasteiger partial charge in [0.15, 0.2) is 0 Å². The molecule has 0 saturated heterocycles. The maximum absolute atomic E-state index is 6.35. The number of rotatable bonds is 4. The van der Waals surface area contributed by atoms with Crippen LogP contribution in [-0.2, 0) is 0 Å². The number of pyridine rings is 1. The average molecular weight is 436 g/mol. The van der Waals surface area contributed by atoms with E-state index in [1.54, 1.807) is 6.20 Å². The first kappa shape index (κ1) is 19.7. The van der Waals surface area contributed by atoms with Gasteiger partial charge in [-0.1, -0.05) is 49.6 Å². The van der Waals surface area contributed by atoms with E-state index in [9.17, 15) is 0 Å². The number of nitrogens with two attached hydrogens (primary N) is 1. The fourth-order valence-corrected chi connectivity index (χ4v) is 4.85. The summed E-state index contributed by atoms with van der Waals surface area (Å²) in [6.07, 6.45) is 9.88. The first-order valence-corrected chi connectivity index (χ1v) is 11.5. The zero-order valence-electron chi connectivity index (χ0n) is 18.3. The lowest BCUT2D eigenvalue weighted by Crippen LogP contribution is -2.09. The summed E-state index contributed by atoms with van der Waals surface area (Å²) in [5, 5.41) is 1.04. The van der Waals surface area contributed by atoms with Crippen LogP contribution in [0.5, 0.6) is 11.6 Å². The van der Waals surface area contributed by atoms with Crippen LogP contribution in [0.4, 0.5) is 5.82 Å². The highest BCUT2D eigenvalue weighted by Crippen LogP contribution is 2.37. The molecule has 6 heteroatoms. The number of nitrogen functional groups attached to an aromatic ring is 1. The molecule has 0 amide bonds. The number of anilines is 1. The predicted octanol–water partition coefficient (Wildman–Crippen LogP) is 6.37. The molecule has 6 rings (SSSR count). The van der Waals surface area contributed by atoms with Gasteiger partial charge >= 0.3 is 0 Å². The van der Waals surface area contributed by atoms with E-state index < -0.39 is 0 Å². The lowest BCUT2D eigenvalue weighted by Gasteiger charge is -2.20. The van der Waals surface area contributed by atoms with Crippen LogP contribution in [-0.4, -0.2) is 19.4 Å². The molecule has 0 spiro atoms. The highest BCUT2D eigenvalue weighted by atomic mass is 16.5. The van der Waals surface area contributed by atoms with Crippen molar-refractivity contribution >= 4 is 22.2 Å². The number of para-hydroxylation sites is 1. The number of imidazole rings is 1. The number of fused-ring (bicyclic) bond motifs is 2. The molecule has 1 fully saturated rings. The Morgan fingerprint density at radius 3 is 2.58 bits per heavy atom. The van der Waals surface area contributed by atoms with Gasteiger partial charge in [-0.3, -0.25) is 4.40 Å². The minimum Gasteiger partial charge on any atom is -0.439 e. The summed E-state index contributed by atoms with van der Waals surface area (Å²) in [6.45, 7) is 0. The Bertz CT molecular complexity index is 1440. The molecule has 1 aliphatic carbocycles. The van der Waals surface area contributed by atoms with Gasteiger partial charge in [0.2, 0.25) is 5.88 Å². The monoisotopic (exact) mass is 435 g/mol. The molecule has 33 heavy (non-hydrogen) atoms. The number of ether oxygens (including phenoxy) is 1. The van der Waals surface area contributed by atoms with Crippen LogP contribution >= 0.6 is 0 Å². The summed E-state index contributed by atoms with van der Waals surface area (Å²) in [5.74, 6) is 3.35. The van der Waals surface area contributed by atoms with Crippen LogP contribution < -0.4 is 10.5 Å². The van der Waals surface area contributed by atoms with Crippen molar-refractivity contribution in [1.29, 1.82) is 0 Å². The Labute approximate surface area is 192 Å². The number of aromatic nitrogens is 4. The minimum absolute atomic E-state index is 0.450. The Kier molecular flexibility index (Phi) is 4.91. The van der Waals surface area contributed by atoms with E-state index in [0.717, 1.165) is 39.3 Å². The molecular weight excluding hydrogens is 410 g/mol. The molecule has 5 aromatic rings. The molecular formula is C27H25N5O. The van der Waals surface area contributed by atoms with Crippen molar-refractivity contribution in [3.63, 3.8) is 0 Å². The Balaban J connectivity index is 1.45. The second kappa shape index (κ2) is 8.20. The molecule has 0 aliphatic heterocycles. The van der Waals surface area contributed by atoms with Crippen molar-refractivity contribution in [2.24, 2.45) is 0 Å². The summed E-state index contributed by atoms with van der Waals surface area (Å²) >= 11 is 0. The Morgan fingerprint density at radius 2 is 1.73 bits per heavy atom. The average Bonchev–Trinajstić information content (AvgIpc) is 3.26. The highest BCUT2D eigenvalue weighted by molar-refractivity contribution is 5.90. The van der Waals surface area contributed by atoms with Crippen molar-refractivity contribution in [2.45, 2.75) is 38.0 Å². The van der Waals surface area contributed by atoms with Crippen LogP contribution in [0.2, 0.25) is 0 Å². The van der Waals surface area contributed by atoms with Gasteiger partial charge in [-0.25, -0.2) is 15.0 Å². The number of benzene rings is 2. The van der Waals surface area contributed by atoms with Gasteiger partial charge in [-0.05, 0) is 37.1 Å². The maximum Gasteiger partial charge on any atom is 0.219 e. The smallest absolute Gasteiger partial charge is 0.219 e. The molecule has 0 atom stereocenters. The molecule has 3 heterocycles. The van der Waals surface area contributed by atoms with Crippen molar-refractivity contribution in [3.05, 3.63) is 78.9 Å². The third-order valence-electron chi connectivity index (χ3n) is 6.49. The molecule has 0 radical (unpaired) electrons. The molecule has 3 aromatic heterocycles. The predicted molar refractivity (Wildman–Crippen MR) is 130 cm³/mol. The second-order valence-corrected chi connectivity index (χ2v) is 8.66. The second-order valence-electron chi connectivity index (χ2n) is 8.66. The minimum atomic E-state index is 0.450. The van der Waals surface area contributed by atoms with Crippen molar-refractivity contribution < 1.29 is 4.74 Å². The molecule has 6 nitrogen and oxygen atoms in total. The summed E-state index contributed by atoms with van der Waals surface area (Å²) in [4.78, 5) is 14.2. The molecule has 2 aromatic carbocycles. The molecule has 1 saturated carbocycles. The van der Waals surface area contributed by atoms with Crippen LogP contribution in [0.25, 0.3) is 27.7 Å². The SMILES string of the molecule is Nc1nccn2c(C3CCCCC3)nc(-c3ccc4ccc(Oc5ccccc5)nc4c3)c12. The van der Waals surface area contributed by atoms with Gasteiger partial charge in [0, 0.05) is 35.3 Å². The zero-order valence-corrected chi connectivity index (χ0v) is 18.3. The summed E-state index contributed by atoms with van der Waals surface area (Å²) in [7, 11) is 0. The van der Waals surface area contributed by atoms with E-state index in [1.807, 2.05) is 48.7 Å². The van der Waals surface area contributed by atoms with Crippen molar-refractivity contribution in [2.75, 3.05) is 5.73 Å². The van der Waals surface area contributed by atoms with Gasteiger partial charge in [0.05, 0.1) is 5.52 Å².